The molecule has 26 heavy (non-hydrogen) atoms. The molecule has 0 radical (unpaired) electrons. The lowest BCUT2D eigenvalue weighted by atomic mass is 10.0. The number of rotatable bonds is 4. The van der Waals surface area contributed by atoms with Crippen molar-refractivity contribution < 1.29 is 13.2 Å². The molecule has 2 nitrogen and oxygen atoms in total. The summed E-state index contributed by atoms with van der Waals surface area (Å²) in [6.45, 7) is 3.82. The van der Waals surface area contributed by atoms with E-state index in [0.29, 0.717) is 12.0 Å². The molecule has 2 heterocycles. The molecule has 0 aliphatic carbocycles. The Morgan fingerprint density at radius 3 is 2.23 bits per heavy atom. The van der Waals surface area contributed by atoms with Crippen LogP contribution in [0.25, 0.3) is 11.3 Å². The fourth-order valence-corrected chi connectivity index (χ4v) is 2.82. The third-order valence-corrected chi connectivity index (χ3v) is 4.22. The van der Waals surface area contributed by atoms with Crippen molar-refractivity contribution in [3.8, 4) is 11.3 Å². The predicted molar refractivity (Wildman–Crippen MR) is 95.8 cm³/mol. The lowest BCUT2D eigenvalue weighted by molar-refractivity contribution is -0.141. The molecule has 1 aromatic carbocycles. The molecule has 5 heteroatoms. The molecule has 3 aromatic rings. The topological polar surface area (TPSA) is 25.8 Å². The second-order valence-electron chi connectivity index (χ2n) is 6.44. The standard InChI is InChI=1S/C21H19F3N2/c1-14-3-5-16(6-4-14)7-8-17-9-10-19(26-20(17)21(22,23)24)18-11-15(2)12-25-13-18/h3-6,9-13H,7-8H2,1-2H3. The summed E-state index contributed by atoms with van der Waals surface area (Å²) in [7, 11) is 0. The van der Waals surface area contributed by atoms with Crippen molar-refractivity contribution >= 4 is 0 Å². The first-order valence-electron chi connectivity index (χ1n) is 8.37. The van der Waals surface area contributed by atoms with Crippen LogP contribution in [-0.4, -0.2) is 9.97 Å². The van der Waals surface area contributed by atoms with Gasteiger partial charge in [-0.15, -0.1) is 0 Å². The molecule has 0 bridgehead atoms. The van der Waals surface area contributed by atoms with Gasteiger partial charge in [-0.2, -0.15) is 13.2 Å². The average Bonchev–Trinajstić information content (AvgIpc) is 2.60. The Morgan fingerprint density at radius 1 is 0.846 bits per heavy atom. The molecule has 0 aliphatic heterocycles. The monoisotopic (exact) mass is 356 g/mol. The van der Waals surface area contributed by atoms with Gasteiger partial charge in [0.05, 0.1) is 5.69 Å². The van der Waals surface area contributed by atoms with E-state index in [1.54, 1.807) is 18.3 Å². The molecular weight excluding hydrogens is 337 g/mol. The highest BCUT2D eigenvalue weighted by atomic mass is 19.4. The lowest BCUT2D eigenvalue weighted by Gasteiger charge is -2.14. The first kappa shape index (κ1) is 18.1. The Kier molecular flexibility index (Phi) is 5.07. The van der Waals surface area contributed by atoms with Crippen molar-refractivity contribution in [2.24, 2.45) is 0 Å². The number of aryl methyl sites for hydroxylation is 4. The van der Waals surface area contributed by atoms with Crippen molar-refractivity contribution in [1.29, 1.82) is 0 Å². The van der Waals surface area contributed by atoms with Gasteiger partial charge in [-0.3, -0.25) is 4.98 Å². The Hall–Kier alpha value is -2.69. The minimum atomic E-state index is -4.49. The quantitative estimate of drug-likeness (QED) is 0.611. The highest BCUT2D eigenvalue weighted by Gasteiger charge is 2.35. The van der Waals surface area contributed by atoms with Gasteiger partial charge in [0.15, 0.2) is 0 Å². The molecule has 0 saturated heterocycles. The first-order valence-corrected chi connectivity index (χ1v) is 8.37. The van der Waals surface area contributed by atoms with Crippen LogP contribution < -0.4 is 0 Å². The smallest absolute Gasteiger partial charge is 0.264 e. The maximum absolute atomic E-state index is 13.5. The van der Waals surface area contributed by atoms with Gasteiger partial charge in [0.25, 0.3) is 0 Å². The number of hydrogen-bond donors (Lipinski definition) is 0. The average molecular weight is 356 g/mol. The van der Waals surface area contributed by atoms with E-state index >= 15 is 0 Å². The molecule has 0 spiro atoms. The van der Waals surface area contributed by atoms with Gasteiger partial charge >= 0.3 is 6.18 Å². The molecule has 134 valence electrons. The van der Waals surface area contributed by atoms with E-state index in [0.717, 1.165) is 16.7 Å². The molecular formula is C21H19F3N2. The zero-order chi connectivity index (χ0) is 18.7. The zero-order valence-corrected chi connectivity index (χ0v) is 14.6. The number of hydrogen-bond acceptors (Lipinski definition) is 2. The third-order valence-electron chi connectivity index (χ3n) is 4.22. The summed E-state index contributed by atoms with van der Waals surface area (Å²) in [4.78, 5) is 7.95. The van der Waals surface area contributed by atoms with Crippen LogP contribution in [0.3, 0.4) is 0 Å². The maximum atomic E-state index is 13.5. The van der Waals surface area contributed by atoms with Gasteiger partial charge in [0, 0.05) is 18.0 Å². The van der Waals surface area contributed by atoms with Crippen molar-refractivity contribution in [3.63, 3.8) is 0 Å². The summed E-state index contributed by atoms with van der Waals surface area (Å²) in [6.07, 6.45) is -0.477. The van der Waals surface area contributed by atoms with E-state index < -0.39 is 11.9 Å². The summed E-state index contributed by atoms with van der Waals surface area (Å²) >= 11 is 0. The molecule has 0 amide bonds. The third kappa shape index (κ3) is 4.28. The van der Waals surface area contributed by atoms with Crippen molar-refractivity contribution in [3.05, 3.63) is 82.8 Å². The van der Waals surface area contributed by atoms with E-state index in [1.165, 1.54) is 12.3 Å². The molecule has 0 aliphatic rings. The van der Waals surface area contributed by atoms with Crippen LogP contribution in [0.15, 0.2) is 54.9 Å². The second kappa shape index (κ2) is 7.28. The van der Waals surface area contributed by atoms with E-state index in [2.05, 4.69) is 9.97 Å². The molecule has 2 aromatic heterocycles. The summed E-state index contributed by atoms with van der Waals surface area (Å²) in [5, 5.41) is 0. The van der Waals surface area contributed by atoms with Crippen LogP contribution in [-0.2, 0) is 19.0 Å². The minimum absolute atomic E-state index is 0.211. The number of nitrogens with zero attached hydrogens (tertiary/aromatic N) is 2. The van der Waals surface area contributed by atoms with Gasteiger partial charge in [0.2, 0.25) is 0 Å². The van der Waals surface area contributed by atoms with E-state index in [9.17, 15) is 13.2 Å². The van der Waals surface area contributed by atoms with Crippen LogP contribution in [0.1, 0.15) is 27.9 Å². The molecule has 3 rings (SSSR count). The van der Waals surface area contributed by atoms with Gasteiger partial charge in [-0.1, -0.05) is 35.9 Å². The van der Waals surface area contributed by atoms with Crippen molar-refractivity contribution in [2.45, 2.75) is 32.9 Å². The molecule has 0 saturated carbocycles. The number of pyridine rings is 2. The van der Waals surface area contributed by atoms with Crippen LogP contribution in [0.4, 0.5) is 13.2 Å². The zero-order valence-electron chi connectivity index (χ0n) is 14.6. The Morgan fingerprint density at radius 2 is 1.58 bits per heavy atom. The minimum Gasteiger partial charge on any atom is -0.264 e. The summed E-state index contributed by atoms with van der Waals surface area (Å²) in [5.41, 5.74) is 3.28. The molecule has 0 unspecified atom stereocenters. The highest BCUT2D eigenvalue weighted by Crippen LogP contribution is 2.33. The van der Waals surface area contributed by atoms with Crippen molar-refractivity contribution in [2.75, 3.05) is 0 Å². The fourth-order valence-electron chi connectivity index (χ4n) is 2.82. The Labute approximate surface area is 150 Å². The van der Waals surface area contributed by atoms with Crippen LogP contribution in [0, 0.1) is 13.8 Å². The fraction of sp³-hybridized carbons (Fsp3) is 0.238. The van der Waals surface area contributed by atoms with Gasteiger partial charge in [-0.05, 0) is 55.5 Å². The van der Waals surface area contributed by atoms with Crippen molar-refractivity contribution in [1.82, 2.24) is 9.97 Å². The summed E-state index contributed by atoms with van der Waals surface area (Å²) < 4.78 is 40.6. The lowest BCUT2D eigenvalue weighted by Crippen LogP contribution is -2.13. The van der Waals surface area contributed by atoms with Crippen LogP contribution in [0.2, 0.25) is 0 Å². The highest BCUT2D eigenvalue weighted by molar-refractivity contribution is 5.59. The summed E-state index contributed by atoms with van der Waals surface area (Å²) in [5.74, 6) is 0. The Bertz CT molecular complexity index is 900. The number of benzene rings is 1. The SMILES string of the molecule is Cc1ccc(CCc2ccc(-c3cncc(C)c3)nc2C(F)(F)F)cc1. The molecule has 0 atom stereocenters. The molecule has 0 fully saturated rings. The summed E-state index contributed by atoms with van der Waals surface area (Å²) in [6, 6.07) is 12.8. The van der Waals surface area contributed by atoms with E-state index in [1.807, 2.05) is 38.1 Å². The largest absolute Gasteiger partial charge is 0.433 e. The van der Waals surface area contributed by atoms with Gasteiger partial charge in [-0.25, -0.2) is 4.98 Å². The number of alkyl halides is 3. The normalized spacial score (nSPS) is 11.6. The predicted octanol–water partition coefficient (Wildman–Crippen LogP) is 5.56. The van der Waals surface area contributed by atoms with E-state index in [-0.39, 0.29) is 17.7 Å². The van der Waals surface area contributed by atoms with Crippen LogP contribution in [0.5, 0.6) is 0 Å². The van der Waals surface area contributed by atoms with Gasteiger partial charge in [0.1, 0.15) is 5.69 Å². The maximum Gasteiger partial charge on any atom is 0.433 e. The molecule has 0 N–H and O–H groups in total. The Balaban J connectivity index is 1.91. The van der Waals surface area contributed by atoms with Gasteiger partial charge < -0.3 is 0 Å². The van der Waals surface area contributed by atoms with Crippen LogP contribution >= 0.6 is 0 Å². The van der Waals surface area contributed by atoms with E-state index in [4.69, 9.17) is 0 Å². The second-order valence-corrected chi connectivity index (χ2v) is 6.44. The number of aromatic nitrogens is 2. The first-order chi connectivity index (χ1) is 12.3. The number of halogens is 3.